The van der Waals surface area contributed by atoms with E-state index in [-0.39, 0.29) is 34.6 Å². The van der Waals surface area contributed by atoms with Crippen LogP contribution in [0.3, 0.4) is 0 Å². The van der Waals surface area contributed by atoms with E-state index >= 15 is 0 Å². The SMILES string of the molecule is COC(=O)c1ccc(NC(=O)CSC(c2ccccc2)(c2ccccc2)c2ccccc2)c(NC(=O)CSC(c2ccccc2)(c2ccccc2)c2ccccc2)c1. The fraction of sp³-hybridized carbons (Fsp3) is 0.100. The van der Waals surface area contributed by atoms with Gasteiger partial charge in [-0.1, -0.05) is 182 Å². The smallest absolute Gasteiger partial charge is 0.337 e. The van der Waals surface area contributed by atoms with Crippen LogP contribution < -0.4 is 10.6 Å². The average Bonchev–Trinajstić information content (AvgIpc) is 3.29. The third kappa shape index (κ3) is 8.64. The lowest BCUT2D eigenvalue weighted by Gasteiger charge is -2.35. The van der Waals surface area contributed by atoms with Crippen molar-refractivity contribution in [2.24, 2.45) is 0 Å². The largest absolute Gasteiger partial charge is 0.465 e. The predicted molar refractivity (Wildman–Crippen MR) is 238 cm³/mol. The van der Waals surface area contributed by atoms with Gasteiger partial charge in [0.2, 0.25) is 11.8 Å². The molecule has 0 saturated carbocycles. The fourth-order valence-corrected chi connectivity index (χ4v) is 9.91. The van der Waals surface area contributed by atoms with Crippen LogP contribution in [0, 0.1) is 0 Å². The van der Waals surface area contributed by atoms with Crippen LogP contribution in [0.1, 0.15) is 43.7 Å². The molecule has 0 aromatic heterocycles. The Balaban J connectivity index is 1.17. The summed E-state index contributed by atoms with van der Waals surface area (Å²) < 4.78 is 3.59. The molecule has 8 heteroatoms. The maximum absolute atomic E-state index is 14.1. The lowest BCUT2D eigenvalue weighted by molar-refractivity contribution is -0.114. The van der Waals surface area contributed by atoms with Crippen molar-refractivity contribution in [1.29, 1.82) is 0 Å². The Labute approximate surface area is 348 Å². The fourth-order valence-electron chi connectivity index (χ4n) is 7.26. The molecule has 58 heavy (non-hydrogen) atoms. The van der Waals surface area contributed by atoms with E-state index in [2.05, 4.69) is 83.4 Å². The third-order valence-corrected chi connectivity index (χ3v) is 13.0. The molecule has 0 spiro atoms. The Morgan fingerprint density at radius 1 is 0.431 bits per heavy atom. The molecule has 0 atom stereocenters. The van der Waals surface area contributed by atoms with Gasteiger partial charge in [-0.3, -0.25) is 9.59 Å². The second kappa shape index (κ2) is 18.7. The van der Waals surface area contributed by atoms with Gasteiger partial charge in [0.15, 0.2) is 0 Å². The lowest BCUT2D eigenvalue weighted by atomic mass is 9.84. The van der Waals surface area contributed by atoms with Crippen molar-refractivity contribution in [3.8, 4) is 0 Å². The minimum Gasteiger partial charge on any atom is -0.465 e. The van der Waals surface area contributed by atoms with E-state index in [1.54, 1.807) is 12.1 Å². The predicted octanol–water partition coefficient (Wildman–Crippen LogP) is 10.8. The Hall–Kier alpha value is -6.35. The van der Waals surface area contributed by atoms with Gasteiger partial charge in [0.05, 0.1) is 45.0 Å². The molecule has 288 valence electrons. The summed E-state index contributed by atoms with van der Waals surface area (Å²) in [6.45, 7) is 0. The zero-order chi connectivity index (χ0) is 40.2. The van der Waals surface area contributed by atoms with Gasteiger partial charge in [0, 0.05) is 0 Å². The van der Waals surface area contributed by atoms with Crippen molar-refractivity contribution >= 4 is 52.7 Å². The highest BCUT2D eigenvalue weighted by atomic mass is 32.2. The van der Waals surface area contributed by atoms with E-state index in [0.29, 0.717) is 5.69 Å². The van der Waals surface area contributed by atoms with Crippen LogP contribution in [0.15, 0.2) is 200 Å². The molecule has 7 rings (SSSR count). The molecule has 7 aromatic carbocycles. The second-order valence-electron chi connectivity index (χ2n) is 13.5. The first-order valence-corrected chi connectivity index (χ1v) is 20.8. The number of carbonyl (C=O) groups excluding carboxylic acids is 3. The molecule has 0 bridgehead atoms. The van der Waals surface area contributed by atoms with Crippen LogP contribution >= 0.6 is 23.5 Å². The molecule has 0 fully saturated rings. The molecule has 0 unspecified atom stereocenters. The van der Waals surface area contributed by atoms with Gasteiger partial charge in [0.25, 0.3) is 0 Å². The van der Waals surface area contributed by atoms with Crippen molar-refractivity contribution in [3.63, 3.8) is 0 Å². The van der Waals surface area contributed by atoms with Crippen LogP contribution in [0.25, 0.3) is 0 Å². The molecular formula is C50H42N2O4S2. The highest BCUT2D eigenvalue weighted by Crippen LogP contribution is 2.50. The Bertz CT molecular complexity index is 2240. The van der Waals surface area contributed by atoms with Gasteiger partial charge >= 0.3 is 5.97 Å². The zero-order valence-corrected chi connectivity index (χ0v) is 33.5. The van der Waals surface area contributed by atoms with Crippen molar-refractivity contribution in [3.05, 3.63) is 239 Å². The minimum absolute atomic E-state index is 0.0537. The molecule has 0 radical (unpaired) electrons. The highest BCUT2D eigenvalue weighted by molar-refractivity contribution is 8.01. The first-order valence-electron chi connectivity index (χ1n) is 18.9. The normalized spacial score (nSPS) is 11.3. The maximum atomic E-state index is 14.1. The number of nitrogens with one attached hydrogen (secondary N) is 2. The minimum atomic E-state index is -0.716. The van der Waals surface area contributed by atoms with Gasteiger partial charge < -0.3 is 15.4 Å². The Kier molecular flexibility index (Phi) is 12.9. The van der Waals surface area contributed by atoms with E-state index in [1.165, 1.54) is 36.7 Å². The van der Waals surface area contributed by atoms with Crippen molar-refractivity contribution < 1.29 is 19.1 Å². The number of carbonyl (C=O) groups is 3. The molecule has 6 nitrogen and oxygen atoms in total. The number of anilines is 2. The van der Waals surface area contributed by atoms with E-state index in [4.69, 9.17) is 4.74 Å². The molecular weight excluding hydrogens is 757 g/mol. The van der Waals surface area contributed by atoms with E-state index in [9.17, 15) is 14.4 Å². The molecule has 0 saturated heterocycles. The second-order valence-corrected chi connectivity index (χ2v) is 15.9. The summed E-state index contributed by atoms with van der Waals surface area (Å²) in [5.74, 6) is -1.01. The first-order chi connectivity index (χ1) is 28.4. The van der Waals surface area contributed by atoms with Crippen molar-refractivity contribution in [2.75, 3.05) is 29.2 Å². The summed E-state index contributed by atoms with van der Waals surface area (Å²) in [6.07, 6.45) is 0. The Morgan fingerprint density at radius 3 is 1.02 bits per heavy atom. The number of ether oxygens (including phenoxy) is 1. The number of methoxy groups -OCH3 is 1. The summed E-state index contributed by atoms with van der Waals surface area (Å²) in [5, 5.41) is 6.07. The van der Waals surface area contributed by atoms with Gasteiger partial charge in [-0.25, -0.2) is 4.79 Å². The molecule has 7 aromatic rings. The van der Waals surface area contributed by atoms with Crippen LogP contribution in [-0.2, 0) is 23.8 Å². The van der Waals surface area contributed by atoms with Gasteiger partial charge in [-0.05, 0) is 51.6 Å². The van der Waals surface area contributed by atoms with Crippen LogP contribution in [0.4, 0.5) is 11.4 Å². The topological polar surface area (TPSA) is 84.5 Å². The number of benzene rings is 7. The molecule has 2 N–H and O–H groups in total. The zero-order valence-electron chi connectivity index (χ0n) is 31.9. The molecule has 0 aliphatic rings. The molecule has 0 heterocycles. The summed E-state index contributed by atoms with van der Waals surface area (Å²) in [4.78, 5) is 40.9. The molecule has 0 aliphatic heterocycles. The number of thioether (sulfide) groups is 2. The van der Waals surface area contributed by atoms with Crippen molar-refractivity contribution in [1.82, 2.24) is 0 Å². The number of hydrogen-bond donors (Lipinski definition) is 2. The average molecular weight is 799 g/mol. The third-order valence-electron chi connectivity index (χ3n) is 9.91. The van der Waals surface area contributed by atoms with Gasteiger partial charge in [0.1, 0.15) is 0 Å². The van der Waals surface area contributed by atoms with Crippen LogP contribution in [-0.4, -0.2) is 36.4 Å². The van der Waals surface area contributed by atoms with E-state index in [1.807, 2.05) is 109 Å². The standard InChI is InChI=1S/C50H42N2O4S2/c1-56-48(55)37-32-33-44(51-46(53)35-57-49(38-20-8-2-9-21-38,39-22-10-3-11-23-39)40-24-12-4-13-25-40)45(34-37)52-47(54)36-58-50(41-26-14-5-15-27-41,42-28-16-6-17-29-42)43-30-18-7-19-31-43/h2-34H,35-36H2,1H3,(H,51,53)(H,52,54). The van der Waals surface area contributed by atoms with E-state index in [0.717, 1.165) is 33.4 Å². The molecule has 2 amide bonds. The van der Waals surface area contributed by atoms with Gasteiger partial charge in [-0.2, -0.15) is 0 Å². The van der Waals surface area contributed by atoms with Crippen LogP contribution in [0.5, 0.6) is 0 Å². The van der Waals surface area contributed by atoms with E-state index < -0.39 is 15.5 Å². The number of rotatable bonds is 15. The summed E-state index contributed by atoms with van der Waals surface area (Å²) in [6, 6.07) is 65.7. The summed E-state index contributed by atoms with van der Waals surface area (Å²) >= 11 is 3.02. The maximum Gasteiger partial charge on any atom is 0.337 e. The summed E-state index contributed by atoms with van der Waals surface area (Å²) in [5.41, 5.74) is 7.09. The monoisotopic (exact) mass is 798 g/mol. The Morgan fingerprint density at radius 2 is 0.724 bits per heavy atom. The van der Waals surface area contributed by atoms with Crippen molar-refractivity contribution in [2.45, 2.75) is 9.49 Å². The first kappa shape index (κ1) is 39.9. The number of hydrogen-bond acceptors (Lipinski definition) is 6. The summed E-state index contributed by atoms with van der Waals surface area (Å²) in [7, 11) is 1.30. The number of esters is 1. The quantitative estimate of drug-likeness (QED) is 0.0794. The highest BCUT2D eigenvalue weighted by Gasteiger charge is 2.39. The van der Waals surface area contributed by atoms with Gasteiger partial charge in [-0.15, -0.1) is 23.5 Å². The number of amides is 2. The van der Waals surface area contributed by atoms with Crippen LogP contribution in [0.2, 0.25) is 0 Å². The molecule has 0 aliphatic carbocycles. The lowest BCUT2D eigenvalue weighted by Crippen LogP contribution is -2.29.